The average molecular weight is 154 g/mol. The van der Waals surface area contributed by atoms with Crippen molar-refractivity contribution in [3.63, 3.8) is 0 Å². The Balaban J connectivity index is 2.51. The van der Waals surface area contributed by atoms with Gasteiger partial charge in [0.15, 0.2) is 5.82 Å². The van der Waals surface area contributed by atoms with Crippen LogP contribution in [0.1, 0.15) is 20.3 Å². The second-order valence-corrected chi connectivity index (χ2v) is 2.40. The van der Waals surface area contributed by atoms with Crippen LogP contribution >= 0.6 is 0 Å². The SMILES string of the molecule is CCCn1cc(NCC)nn1. The lowest BCUT2D eigenvalue weighted by atomic mass is 10.5. The van der Waals surface area contributed by atoms with Crippen LogP contribution in [0.2, 0.25) is 0 Å². The Bertz CT molecular complexity index is 185. The molecule has 1 N–H and O–H groups in total. The van der Waals surface area contributed by atoms with Gasteiger partial charge >= 0.3 is 0 Å². The Kier molecular flexibility index (Phi) is 2.89. The van der Waals surface area contributed by atoms with Gasteiger partial charge in [0.2, 0.25) is 0 Å². The Hall–Kier alpha value is -1.06. The van der Waals surface area contributed by atoms with Gasteiger partial charge in [0, 0.05) is 13.1 Å². The van der Waals surface area contributed by atoms with Crippen molar-refractivity contribution in [2.24, 2.45) is 0 Å². The van der Waals surface area contributed by atoms with Gasteiger partial charge in [-0.15, -0.1) is 5.10 Å². The van der Waals surface area contributed by atoms with Gasteiger partial charge in [-0.2, -0.15) is 0 Å². The molecule has 0 aromatic carbocycles. The maximum absolute atomic E-state index is 3.93. The lowest BCUT2D eigenvalue weighted by Crippen LogP contribution is -1.97. The number of hydrogen-bond donors (Lipinski definition) is 1. The topological polar surface area (TPSA) is 42.7 Å². The van der Waals surface area contributed by atoms with Crippen molar-refractivity contribution in [2.45, 2.75) is 26.8 Å². The quantitative estimate of drug-likeness (QED) is 0.706. The second-order valence-electron chi connectivity index (χ2n) is 2.40. The zero-order chi connectivity index (χ0) is 8.10. The summed E-state index contributed by atoms with van der Waals surface area (Å²) in [5, 5.41) is 10.9. The smallest absolute Gasteiger partial charge is 0.168 e. The maximum Gasteiger partial charge on any atom is 0.168 e. The molecule has 0 atom stereocenters. The highest BCUT2D eigenvalue weighted by Gasteiger charge is 1.95. The molecule has 0 spiro atoms. The third kappa shape index (κ3) is 2.22. The first kappa shape index (κ1) is 8.04. The lowest BCUT2D eigenvalue weighted by molar-refractivity contribution is 0.579. The second kappa shape index (κ2) is 3.95. The van der Waals surface area contributed by atoms with Gasteiger partial charge < -0.3 is 5.32 Å². The van der Waals surface area contributed by atoms with Gasteiger partial charge in [0.25, 0.3) is 0 Å². The van der Waals surface area contributed by atoms with Gasteiger partial charge in [-0.05, 0) is 13.3 Å². The van der Waals surface area contributed by atoms with Crippen molar-refractivity contribution < 1.29 is 0 Å². The van der Waals surface area contributed by atoms with Crippen molar-refractivity contribution in [2.75, 3.05) is 11.9 Å². The molecule has 0 saturated heterocycles. The van der Waals surface area contributed by atoms with E-state index in [0.717, 1.165) is 25.3 Å². The Morgan fingerprint density at radius 2 is 2.36 bits per heavy atom. The van der Waals surface area contributed by atoms with Gasteiger partial charge in [0.1, 0.15) is 0 Å². The van der Waals surface area contributed by atoms with E-state index in [-0.39, 0.29) is 0 Å². The molecule has 4 nitrogen and oxygen atoms in total. The van der Waals surface area contributed by atoms with Crippen LogP contribution in [0.25, 0.3) is 0 Å². The number of nitrogens with one attached hydrogen (secondary N) is 1. The molecule has 1 aromatic rings. The molecule has 1 rings (SSSR count). The number of rotatable bonds is 4. The monoisotopic (exact) mass is 154 g/mol. The summed E-state index contributed by atoms with van der Waals surface area (Å²) in [7, 11) is 0. The highest BCUT2D eigenvalue weighted by molar-refractivity contribution is 5.28. The molecule has 11 heavy (non-hydrogen) atoms. The minimum atomic E-state index is 0.862. The fourth-order valence-electron chi connectivity index (χ4n) is 0.899. The first-order valence-corrected chi connectivity index (χ1v) is 4.00. The van der Waals surface area contributed by atoms with E-state index in [1.54, 1.807) is 0 Å². The number of nitrogens with zero attached hydrogens (tertiary/aromatic N) is 3. The molecule has 0 aliphatic carbocycles. The predicted molar refractivity (Wildman–Crippen MR) is 44.5 cm³/mol. The van der Waals surface area contributed by atoms with E-state index in [0.29, 0.717) is 0 Å². The normalized spacial score (nSPS) is 10.0. The van der Waals surface area contributed by atoms with Crippen molar-refractivity contribution in [1.29, 1.82) is 0 Å². The highest BCUT2D eigenvalue weighted by atomic mass is 15.4. The van der Waals surface area contributed by atoms with Crippen LogP contribution in [0.15, 0.2) is 6.20 Å². The van der Waals surface area contributed by atoms with Gasteiger partial charge in [-0.25, -0.2) is 0 Å². The summed E-state index contributed by atoms with van der Waals surface area (Å²) < 4.78 is 1.85. The van der Waals surface area contributed by atoms with E-state index in [2.05, 4.69) is 22.6 Å². The predicted octanol–water partition coefficient (Wildman–Crippen LogP) is 1.12. The van der Waals surface area contributed by atoms with Crippen LogP contribution in [0, 0.1) is 0 Å². The molecule has 0 aliphatic heterocycles. The van der Waals surface area contributed by atoms with E-state index in [4.69, 9.17) is 0 Å². The summed E-state index contributed by atoms with van der Waals surface area (Å²) >= 11 is 0. The van der Waals surface area contributed by atoms with Crippen LogP contribution in [0.5, 0.6) is 0 Å². The van der Waals surface area contributed by atoms with Crippen LogP contribution in [-0.4, -0.2) is 21.5 Å². The van der Waals surface area contributed by atoms with Crippen LogP contribution in [-0.2, 0) is 6.54 Å². The summed E-state index contributed by atoms with van der Waals surface area (Å²) in [4.78, 5) is 0. The molecule has 1 aromatic heterocycles. The van der Waals surface area contributed by atoms with Crippen molar-refractivity contribution in [3.8, 4) is 0 Å². The average Bonchev–Trinajstić information content (AvgIpc) is 2.38. The van der Waals surface area contributed by atoms with Gasteiger partial charge in [0.05, 0.1) is 6.20 Å². The van der Waals surface area contributed by atoms with Gasteiger partial charge in [-0.1, -0.05) is 12.1 Å². The first-order valence-electron chi connectivity index (χ1n) is 4.00. The molecular weight excluding hydrogens is 140 g/mol. The Morgan fingerprint density at radius 3 is 3.00 bits per heavy atom. The zero-order valence-electron chi connectivity index (χ0n) is 7.04. The molecule has 0 radical (unpaired) electrons. The first-order chi connectivity index (χ1) is 5.36. The molecule has 4 heteroatoms. The molecule has 0 saturated carbocycles. The molecule has 0 unspecified atom stereocenters. The minimum absolute atomic E-state index is 0.862. The fraction of sp³-hybridized carbons (Fsp3) is 0.714. The molecule has 0 aliphatic rings. The van der Waals surface area contributed by atoms with Gasteiger partial charge in [-0.3, -0.25) is 4.68 Å². The van der Waals surface area contributed by atoms with E-state index in [1.165, 1.54) is 0 Å². The number of hydrogen-bond acceptors (Lipinski definition) is 3. The number of aromatic nitrogens is 3. The standard InChI is InChI=1S/C7H14N4/c1-3-5-11-6-7(8-4-2)9-10-11/h6,8H,3-5H2,1-2H3. The molecular formula is C7H14N4. The molecule has 1 heterocycles. The third-order valence-electron chi connectivity index (χ3n) is 1.35. The molecule has 0 amide bonds. The lowest BCUT2D eigenvalue weighted by Gasteiger charge is -1.94. The molecule has 62 valence electrons. The van der Waals surface area contributed by atoms with Crippen LogP contribution < -0.4 is 5.32 Å². The Labute approximate surface area is 66.6 Å². The number of aryl methyl sites for hydroxylation is 1. The van der Waals surface area contributed by atoms with E-state index >= 15 is 0 Å². The number of anilines is 1. The van der Waals surface area contributed by atoms with Crippen molar-refractivity contribution >= 4 is 5.82 Å². The van der Waals surface area contributed by atoms with Crippen LogP contribution in [0.3, 0.4) is 0 Å². The summed E-state index contributed by atoms with van der Waals surface area (Å²) in [6.45, 7) is 6.00. The summed E-state index contributed by atoms with van der Waals surface area (Å²) in [6.07, 6.45) is 3.02. The molecule has 0 fully saturated rings. The largest absolute Gasteiger partial charge is 0.368 e. The highest BCUT2D eigenvalue weighted by Crippen LogP contribution is 1.98. The minimum Gasteiger partial charge on any atom is -0.368 e. The van der Waals surface area contributed by atoms with E-state index < -0.39 is 0 Å². The molecule has 0 bridgehead atoms. The Morgan fingerprint density at radius 1 is 1.55 bits per heavy atom. The summed E-state index contributed by atoms with van der Waals surface area (Å²) in [5.41, 5.74) is 0. The zero-order valence-corrected chi connectivity index (χ0v) is 7.04. The third-order valence-corrected chi connectivity index (χ3v) is 1.35. The van der Waals surface area contributed by atoms with E-state index in [9.17, 15) is 0 Å². The fourth-order valence-corrected chi connectivity index (χ4v) is 0.899. The van der Waals surface area contributed by atoms with Crippen molar-refractivity contribution in [3.05, 3.63) is 6.20 Å². The van der Waals surface area contributed by atoms with Crippen molar-refractivity contribution in [1.82, 2.24) is 15.0 Å². The summed E-state index contributed by atoms with van der Waals surface area (Å²) in [6, 6.07) is 0. The summed E-state index contributed by atoms with van der Waals surface area (Å²) in [5.74, 6) is 0.862. The van der Waals surface area contributed by atoms with E-state index in [1.807, 2.05) is 17.8 Å². The maximum atomic E-state index is 3.93. The van der Waals surface area contributed by atoms with Crippen LogP contribution in [0.4, 0.5) is 5.82 Å².